The fourth-order valence-corrected chi connectivity index (χ4v) is 5.07. The fraction of sp³-hybridized carbons (Fsp3) is 0.231. The molecule has 0 spiro atoms. The third-order valence-corrected chi connectivity index (χ3v) is 5.91. The van der Waals surface area contributed by atoms with E-state index in [2.05, 4.69) is 10.0 Å². The zero-order chi connectivity index (χ0) is 15.6. The molecule has 0 atom stereocenters. The number of thiophene rings is 1. The molecule has 0 aliphatic rings. The van der Waals surface area contributed by atoms with E-state index in [-0.39, 0.29) is 15.6 Å². The summed E-state index contributed by atoms with van der Waals surface area (Å²) in [6, 6.07) is 3.52. The van der Waals surface area contributed by atoms with E-state index in [4.69, 9.17) is 11.6 Å². The minimum absolute atomic E-state index is 0.0154. The molecule has 8 heteroatoms. The van der Waals surface area contributed by atoms with Gasteiger partial charge in [-0.1, -0.05) is 11.6 Å². The van der Waals surface area contributed by atoms with Crippen molar-refractivity contribution in [3.63, 3.8) is 0 Å². The van der Waals surface area contributed by atoms with Gasteiger partial charge in [-0.15, -0.1) is 11.3 Å². The van der Waals surface area contributed by atoms with Gasteiger partial charge < -0.3 is 5.32 Å². The van der Waals surface area contributed by atoms with Crippen LogP contribution in [0.4, 0.5) is 10.1 Å². The molecular weight excluding hydrogens is 335 g/mol. The summed E-state index contributed by atoms with van der Waals surface area (Å²) in [7, 11) is -2.03. The van der Waals surface area contributed by atoms with Crippen molar-refractivity contribution in [1.82, 2.24) is 5.32 Å². The topological polar surface area (TPSA) is 58.2 Å². The smallest absolute Gasteiger partial charge is 0.263 e. The minimum atomic E-state index is -3.78. The normalized spacial score (nSPS) is 11.6. The van der Waals surface area contributed by atoms with Crippen LogP contribution in [0.1, 0.15) is 10.4 Å². The highest BCUT2D eigenvalue weighted by Gasteiger charge is 2.23. The fourth-order valence-electron chi connectivity index (χ4n) is 1.90. The molecule has 0 fully saturated rings. The van der Waals surface area contributed by atoms with Crippen molar-refractivity contribution in [2.24, 2.45) is 0 Å². The number of anilines is 1. The van der Waals surface area contributed by atoms with Crippen LogP contribution in [0.15, 0.2) is 28.5 Å². The maximum atomic E-state index is 13.0. The zero-order valence-corrected chi connectivity index (χ0v) is 13.8. The van der Waals surface area contributed by atoms with E-state index in [1.165, 1.54) is 17.4 Å². The first-order valence-corrected chi connectivity index (χ1v) is 8.78. The van der Waals surface area contributed by atoms with Crippen LogP contribution in [0, 0.1) is 12.7 Å². The second-order valence-corrected chi connectivity index (χ2v) is 7.42. The third-order valence-electron chi connectivity index (χ3n) is 2.77. The molecule has 0 saturated carbocycles. The quantitative estimate of drug-likeness (QED) is 0.871. The van der Waals surface area contributed by atoms with Gasteiger partial charge in [0.05, 0.1) is 10.7 Å². The number of halogens is 2. The van der Waals surface area contributed by atoms with E-state index in [1.54, 1.807) is 19.4 Å². The second kappa shape index (κ2) is 6.31. The van der Waals surface area contributed by atoms with Gasteiger partial charge >= 0.3 is 0 Å². The number of nitrogens with one attached hydrogen (secondary N) is 2. The summed E-state index contributed by atoms with van der Waals surface area (Å²) in [4.78, 5) is 0.947. The minimum Gasteiger partial charge on any atom is -0.315 e. The molecule has 2 N–H and O–H groups in total. The lowest BCUT2D eigenvalue weighted by molar-refractivity contribution is 0.599. The molecule has 4 nitrogen and oxygen atoms in total. The average Bonchev–Trinajstić information content (AvgIpc) is 2.75. The largest absolute Gasteiger partial charge is 0.315 e. The lowest BCUT2D eigenvalue weighted by atomic mass is 10.3. The van der Waals surface area contributed by atoms with Crippen molar-refractivity contribution in [2.75, 3.05) is 11.8 Å². The van der Waals surface area contributed by atoms with Gasteiger partial charge in [-0.3, -0.25) is 4.72 Å². The maximum absolute atomic E-state index is 13.0. The number of sulfonamides is 1. The molecule has 0 amide bonds. The molecule has 114 valence electrons. The van der Waals surface area contributed by atoms with Crippen molar-refractivity contribution < 1.29 is 12.8 Å². The van der Waals surface area contributed by atoms with Crippen LogP contribution in [0.2, 0.25) is 5.02 Å². The van der Waals surface area contributed by atoms with E-state index in [0.29, 0.717) is 17.0 Å². The summed E-state index contributed by atoms with van der Waals surface area (Å²) in [5.41, 5.74) is 0.815. The number of rotatable bonds is 5. The highest BCUT2D eigenvalue weighted by molar-refractivity contribution is 7.93. The first kappa shape index (κ1) is 16.2. The van der Waals surface area contributed by atoms with E-state index >= 15 is 0 Å². The molecular formula is C13H14ClFN2O2S2. The number of aryl methyl sites for hydroxylation is 1. The third kappa shape index (κ3) is 3.55. The molecule has 1 aromatic heterocycles. The summed E-state index contributed by atoms with van der Waals surface area (Å²) in [5, 5.41) is 4.74. The van der Waals surface area contributed by atoms with Crippen LogP contribution < -0.4 is 10.0 Å². The highest BCUT2D eigenvalue weighted by atomic mass is 35.5. The molecule has 0 radical (unpaired) electrons. The van der Waals surface area contributed by atoms with Gasteiger partial charge in [0.1, 0.15) is 10.7 Å². The van der Waals surface area contributed by atoms with Gasteiger partial charge in [0.15, 0.2) is 0 Å². The maximum Gasteiger partial charge on any atom is 0.263 e. The zero-order valence-electron chi connectivity index (χ0n) is 11.4. The van der Waals surface area contributed by atoms with Crippen LogP contribution >= 0.6 is 22.9 Å². The van der Waals surface area contributed by atoms with Crippen molar-refractivity contribution in [3.8, 4) is 0 Å². The highest BCUT2D eigenvalue weighted by Crippen LogP contribution is 2.30. The summed E-state index contributed by atoms with van der Waals surface area (Å²) < 4.78 is 40.5. The van der Waals surface area contributed by atoms with Gasteiger partial charge in [0.2, 0.25) is 0 Å². The summed E-state index contributed by atoms with van der Waals surface area (Å²) in [6.45, 7) is 2.18. The molecule has 0 aliphatic carbocycles. The van der Waals surface area contributed by atoms with E-state index in [9.17, 15) is 12.8 Å². The molecule has 1 aromatic carbocycles. The summed E-state index contributed by atoms with van der Waals surface area (Å²) >= 11 is 7.23. The van der Waals surface area contributed by atoms with Gasteiger partial charge in [0, 0.05) is 11.4 Å². The van der Waals surface area contributed by atoms with Crippen LogP contribution in [0.5, 0.6) is 0 Å². The van der Waals surface area contributed by atoms with Crippen molar-refractivity contribution in [3.05, 3.63) is 44.9 Å². The molecule has 0 aliphatic heterocycles. The Morgan fingerprint density at radius 3 is 2.71 bits per heavy atom. The molecule has 0 saturated heterocycles. The first-order chi connectivity index (χ1) is 9.85. The molecule has 21 heavy (non-hydrogen) atoms. The second-order valence-electron chi connectivity index (χ2n) is 4.43. The molecule has 2 aromatic rings. The Balaban J connectivity index is 2.41. The van der Waals surface area contributed by atoms with Crippen molar-refractivity contribution in [2.45, 2.75) is 18.4 Å². The molecule has 2 rings (SSSR count). The number of hydrogen-bond acceptors (Lipinski definition) is 4. The predicted octanol–water partition coefficient (Wildman–Crippen LogP) is 3.37. The van der Waals surface area contributed by atoms with Crippen molar-refractivity contribution in [1.29, 1.82) is 0 Å². The number of benzene rings is 1. The standard InChI is InChI=1S/C13H14ClFN2O2S2/c1-8-7-20-12(6-16-2)13(8)21(18,19)17-11-4-3-9(15)5-10(11)14/h3-5,7,16-17H,6H2,1-2H3. The SMILES string of the molecule is CNCc1scc(C)c1S(=O)(=O)Nc1ccc(F)cc1Cl. The summed E-state index contributed by atoms with van der Waals surface area (Å²) in [6.07, 6.45) is 0. The van der Waals surface area contributed by atoms with E-state index in [0.717, 1.165) is 12.1 Å². The van der Waals surface area contributed by atoms with Gasteiger partial charge in [-0.25, -0.2) is 12.8 Å². The molecule has 1 heterocycles. The van der Waals surface area contributed by atoms with Crippen LogP contribution in [-0.4, -0.2) is 15.5 Å². The van der Waals surface area contributed by atoms with Crippen LogP contribution in [0.25, 0.3) is 0 Å². The van der Waals surface area contributed by atoms with Crippen LogP contribution in [0.3, 0.4) is 0 Å². The first-order valence-electron chi connectivity index (χ1n) is 6.04. The van der Waals surface area contributed by atoms with Gasteiger partial charge in [0.25, 0.3) is 10.0 Å². The summed E-state index contributed by atoms with van der Waals surface area (Å²) in [5.74, 6) is -0.523. The Labute approximate surface area is 132 Å². The molecule has 0 bridgehead atoms. The Bertz CT molecular complexity index is 760. The van der Waals surface area contributed by atoms with Crippen LogP contribution in [-0.2, 0) is 16.6 Å². The Kier molecular flexibility index (Phi) is 4.88. The van der Waals surface area contributed by atoms with E-state index in [1.807, 2.05) is 0 Å². The average molecular weight is 349 g/mol. The Hall–Kier alpha value is -1.15. The van der Waals surface area contributed by atoms with Gasteiger partial charge in [-0.2, -0.15) is 0 Å². The number of hydrogen-bond donors (Lipinski definition) is 2. The lowest BCUT2D eigenvalue weighted by Crippen LogP contribution is -2.17. The lowest BCUT2D eigenvalue weighted by Gasteiger charge is -2.11. The van der Waals surface area contributed by atoms with Crippen molar-refractivity contribution >= 4 is 38.6 Å². The predicted molar refractivity (Wildman–Crippen MR) is 84.0 cm³/mol. The van der Waals surface area contributed by atoms with E-state index < -0.39 is 15.8 Å². The van der Waals surface area contributed by atoms with Gasteiger partial charge in [-0.05, 0) is 43.1 Å². The molecule has 0 unspecified atom stereocenters. The Morgan fingerprint density at radius 2 is 2.10 bits per heavy atom. The Morgan fingerprint density at radius 1 is 1.38 bits per heavy atom. The monoisotopic (exact) mass is 348 g/mol.